The number of carbonyl (C=O) groups excluding carboxylic acids is 1. The number of aliphatic hydroxyl groups is 1. The average Bonchev–Trinajstić information content (AvgIpc) is 2.80. The topological polar surface area (TPSA) is 46.5 Å². The zero-order valence-corrected chi connectivity index (χ0v) is 13.0. The summed E-state index contributed by atoms with van der Waals surface area (Å²) in [5.41, 5.74) is -0.708. The summed E-state index contributed by atoms with van der Waals surface area (Å²) >= 11 is 0. The molecule has 20 heavy (non-hydrogen) atoms. The molecule has 6 atom stereocenters. The summed E-state index contributed by atoms with van der Waals surface area (Å²) in [7, 11) is 0. The molecule has 0 saturated heterocycles. The third-order valence-corrected chi connectivity index (χ3v) is 6.42. The Kier molecular flexibility index (Phi) is 2.74. The van der Waals surface area contributed by atoms with Gasteiger partial charge in [-0.3, -0.25) is 0 Å². The number of esters is 1. The minimum atomic E-state index is -0.768. The van der Waals surface area contributed by atoms with Crippen LogP contribution in [0.4, 0.5) is 0 Å². The standard InChI is InChI=1S/C17H26O3/c1-10(2)14(18)20-17-8-12-6-13(17)15(4,7-12)9-16(5,19)11(17)3/h11-13,19H,1,6-9H2,2-5H3. The minimum absolute atomic E-state index is 0.0262. The Labute approximate surface area is 121 Å². The van der Waals surface area contributed by atoms with Gasteiger partial charge in [-0.25, -0.2) is 4.79 Å². The van der Waals surface area contributed by atoms with E-state index < -0.39 is 11.2 Å². The highest BCUT2D eigenvalue weighted by molar-refractivity contribution is 5.87. The highest BCUT2D eigenvalue weighted by Crippen LogP contribution is 2.70. The van der Waals surface area contributed by atoms with Gasteiger partial charge in [0.2, 0.25) is 0 Å². The maximum Gasteiger partial charge on any atom is 0.333 e. The van der Waals surface area contributed by atoms with Crippen LogP contribution in [0.25, 0.3) is 0 Å². The zero-order valence-electron chi connectivity index (χ0n) is 13.0. The monoisotopic (exact) mass is 278 g/mol. The van der Waals surface area contributed by atoms with Crippen LogP contribution in [0.2, 0.25) is 0 Å². The first-order valence-corrected chi connectivity index (χ1v) is 7.72. The Bertz CT molecular complexity index is 481. The van der Waals surface area contributed by atoms with Gasteiger partial charge < -0.3 is 9.84 Å². The summed E-state index contributed by atoms with van der Waals surface area (Å²) < 4.78 is 5.98. The van der Waals surface area contributed by atoms with E-state index in [1.165, 1.54) is 0 Å². The van der Waals surface area contributed by atoms with Crippen molar-refractivity contribution in [2.75, 3.05) is 0 Å². The molecular weight excluding hydrogens is 252 g/mol. The number of hydrogen-bond donors (Lipinski definition) is 1. The number of rotatable bonds is 2. The van der Waals surface area contributed by atoms with E-state index in [1.807, 2.05) is 13.8 Å². The van der Waals surface area contributed by atoms with Crippen LogP contribution in [0.5, 0.6) is 0 Å². The van der Waals surface area contributed by atoms with Crippen molar-refractivity contribution in [1.82, 2.24) is 0 Å². The Morgan fingerprint density at radius 2 is 2.00 bits per heavy atom. The van der Waals surface area contributed by atoms with Crippen LogP contribution in [0.15, 0.2) is 12.2 Å². The van der Waals surface area contributed by atoms with Gasteiger partial charge in [0.25, 0.3) is 0 Å². The first-order valence-electron chi connectivity index (χ1n) is 7.72. The molecule has 3 heteroatoms. The summed E-state index contributed by atoms with van der Waals surface area (Å²) in [5.74, 6) is 0.700. The second-order valence-electron chi connectivity index (χ2n) is 8.10. The Morgan fingerprint density at radius 3 is 2.55 bits per heavy atom. The van der Waals surface area contributed by atoms with E-state index in [2.05, 4.69) is 13.5 Å². The minimum Gasteiger partial charge on any atom is -0.455 e. The highest BCUT2D eigenvalue weighted by Gasteiger charge is 2.71. The van der Waals surface area contributed by atoms with Gasteiger partial charge in [0, 0.05) is 17.4 Å². The largest absolute Gasteiger partial charge is 0.455 e. The van der Waals surface area contributed by atoms with Crippen molar-refractivity contribution in [2.45, 2.75) is 64.6 Å². The third-order valence-electron chi connectivity index (χ3n) is 6.42. The normalized spacial score (nSPS) is 53.0. The van der Waals surface area contributed by atoms with Crippen LogP contribution in [-0.4, -0.2) is 22.3 Å². The lowest BCUT2D eigenvalue weighted by atomic mass is 9.51. The number of fused-ring (bicyclic) bond motifs is 1. The van der Waals surface area contributed by atoms with E-state index in [1.54, 1.807) is 6.92 Å². The van der Waals surface area contributed by atoms with Crippen LogP contribution in [0.1, 0.15) is 53.4 Å². The summed E-state index contributed by atoms with van der Waals surface area (Å²) in [6, 6.07) is 0. The summed E-state index contributed by atoms with van der Waals surface area (Å²) in [6.07, 6.45) is 4.02. The van der Waals surface area contributed by atoms with Crippen molar-refractivity contribution in [3.8, 4) is 0 Å². The molecule has 112 valence electrons. The van der Waals surface area contributed by atoms with Crippen molar-refractivity contribution in [2.24, 2.45) is 23.2 Å². The van der Waals surface area contributed by atoms with Crippen molar-refractivity contribution >= 4 is 5.97 Å². The maximum atomic E-state index is 12.1. The highest BCUT2D eigenvalue weighted by atomic mass is 16.6. The van der Waals surface area contributed by atoms with Crippen LogP contribution in [-0.2, 0) is 9.53 Å². The Balaban J connectivity index is 2.02. The lowest BCUT2D eigenvalue weighted by Gasteiger charge is -2.59. The molecule has 0 radical (unpaired) electrons. The van der Waals surface area contributed by atoms with E-state index in [0.29, 0.717) is 17.4 Å². The molecule has 0 aromatic heterocycles. The predicted octanol–water partition coefficient (Wildman–Crippen LogP) is 3.07. The molecule has 0 aliphatic heterocycles. The molecule has 3 fully saturated rings. The van der Waals surface area contributed by atoms with Gasteiger partial charge in [0.15, 0.2) is 0 Å². The molecule has 3 aliphatic rings. The quantitative estimate of drug-likeness (QED) is 0.624. The van der Waals surface area contributed by atoms with E-state index in [0.717, 1.165) is 25.7 Å². The zero-order chi connectivity index (χ0) is 14.9. The molecule has 3 saturated carbocycles. The van der Waals surface area contributed by atoms with Crippen molar-refractivity contribution in [1.29, 1.82) is 0 Å². The Morgan fingerprint density at radius 1 is 1.35 bits per heavy atom. The van der Waals surface area contributed by atoms with Crippen LogP contribution in [0.3, 0.4) is 0 Å². The molecule has 0 aromatic carbocycles. The first-order chi connectivity index (χ1) is 9.11. The molecule has 0 amide bonds. The fourth-order valence-corrected chi connectivity index (χ4v) is 5.67. The molecule has 0 aromatic rings. The van der Waals surface area contributed by atoms with Crippen molar-refractivity contribution < 1.29 is 14.6 Å². The van der Waals surface area contributed by atoms with Gasteiger partial charge >= 0.3 is 5.97 Å². The second-order valence-corrected chi connectivity index (χ2v) is 8.10. The number of ether oxygens (including phenoxy) is 1. The SMILES string of the molecule is C=C(C)C(=O)OC12CC3CC1C(C)(C3)CC(C)(O)C2C. The smallest absolute Gasteiger partial charge is 0.333 e. The fraction of sp³-hybridized carbons (Fsp3) is 0.824. The Hall–Kier alpha value is -0.830. The molecule has 0 spiro atoms. The van der Waals surface area contributed by atoms with Gasteiger partial charge in [-0.2, -0.15) is 0 Å². The van der Waals surface area contributed by atoms with Crippen molar-refractivity contribution in [3.05, 3.63) is 12.2 Å². The van der Waals surface area contributed by atoms with Gasteiger partial charge in [0.1, 0.15) is 5.60 Å². The number of carbonyl (C=O) groups is 1. The van der Waals surface area contributed by atoms with Gasteiger partial charge in [-0.1, -0.05) is 20.4 Å². The summed E-state index contributed by atoms with van der Waals surface area (Å²) in [6.45, 7) is 11.6. The van der Waals surface area contributed by atoms with E-state index >= 15 is 0 Å². The van der Waals surface area contributed by atoms with E-state index in [9.17, 15) is 9.90 Å². The van der Waals surface area contributed by atoms with E-state index in [-0.39, 0.29) is 17.3 Å². The van der Waals surface area contributed by atoms with Gasteiger partial charge in [0.05, 0.1) is 5.60 Å². The molecule has 0 heterocycles. The second kappa shape index (κ2) is 3.88. The predicted molar refractivity (Wildman–Crippen MR) is 77.0 cm³/mol. The fourth-order valence-electron chi connectivity index (χ4n) is 5.67. The van der Waals surface area contributed by atoms with Crippen LogP contribution >= 0.6 is 0 Å². The van der Waals surface area contributed by atoms with Gasteiger partial charge in [-0.15, -0.1) is 0 Å². The molecule has 3 nitrogen and oxygen atoms in total. The van der Waals surface area contributed by atoms with Crippen LogP contribution < -0.4 is 0 Å². The molecule has 2 bridgehead atoms. The molecule has 6 unspecified atom stereocenters. The summed E-state index contributed by atoms with van der Waals surface area (Å²) in [5, 5.41) is 10.9. The first kappa shape index (κ1) is 14.1. The lowest BCUT2D eigenvalue weighted by Crippen LogP contribution is -2.64. The third kappa shape index (κ3) is 1.65. The summed E-state index contributed by atoms with van der Waals surface area (Å²) in [4.78, 5) is 12.1. The van der Waals surface area contributed by atoms with Crippen molar-refractivity contribution in [3.63, 3.8) is 0 Å². The molecule has 3 rings (SSSR count). The molecular formula is C17H26O3. The lowest BCUT2D eigenvalue weighted by molar-refractivity contribution is -0.232. The molecule has 3 aliphatic carbocycles. The van der Waals surface area contributed by atoms with Gasteiger partial charge in [-0.05, 0) is 50.9 Å². The maximum absolute atomic E-state index is 12.1. The van der Waals surface area contributed by atoms with Crippen LogP contribution in [0, 0.1) is 23.2 Å². The average molecular weight is 278 g/mol. The molecule has 1 N–H and O–H groups in total. The van der Waals surface area contributed by atoms with E-state index in [4.69, 9.17) is 4.74 Å². The number of hydrogen-bond acceptors (Lipinski definition) is 3.